The maximum Gasteiger partial charge on any atom is 0.127 e. The van der Waals surface area contributed by atoms with Gasteiger partial charge in [-0.2, -0.15) is 0 Å². The van der Waals surface area contributed by atoms with Gasteiger partial charge in [-0.25, -0.2) is 0 Å². The lowest BCUT2D eigenvalue weighted by atomic mass is 9.83. The standard InChI is InChI=1S/C23H32O4/c1-22(2,3)16-12-19(25-7)14(10-18(16)24)15-11-21(27-9)17(23(4,5)6)13-20(15)26-8/h10-13,24H,1-9H3. The van der Waals surface area contributed by atoms with Crippen LogP contribution in [0.3, 0.4) is 0 Å². The number of phenols is 1. The lowest BCUT2D eigenvalue weighted by Crippen LogP contribution is -2.13. The van der Waals surface area contributed by atoms with E-state index in [1.165, 1.54) is 0 Å². The number of methoxy groups -OCH3 is 3. The highest BCUT2D eigenvalue weighted by Crippen LogP contribution is 2.46. The van der Waals surface area contributed by atoms with Crippen LogP contribution in [0.4, 0.5) is 0 Å². The van der Waals surface area contributed by atoms with Crippen molar-refractivity contribution >= 4 is 0 Å². The number of hydrogen-bond donors (Lipinski definition) is 1. The molecule has 148 valence electrons. The summed E-state index contributed by atoms with van der Waals surface area (Å²) in [6, 6.07) is 7.59. The summed E-state index contributed by atoms with van der Waals surface area (Å²) < 4.78 is 17.0. The molecule has 0 aromatic heterocycles. The van der Waals surface area contributed by atoms with Crippen LogP contribution in [-0.2, 0) is 10.8 Å². The second kappa shape index (κ2) is 7.34. The van der Waals surface area contributed by atoms with Crippen LogP contribution in [0.5, 0.6) is 23.0 Å². The summed E-state index contributed by atoms with van der Waals surface area (Å²) in [5.74, 6) is 2.41. The second-order valence-electron chi connectivity index (χ2n) is 8.82. The van der Waals surface area contributed by atoms with E-state index in [1.54, 1.807) is 27.4 Å². The van der Waals surface area contributed by atoms with Crippen LogP contribution in [0, 0.1) is 0 Å². The Labute approximate surface area is 163 Å². The van der Waals surface area contributed by atoms with Crippen LogP contribution in [0.1, 0.15) is 52.7 Å². The van der Waals surface area contributed by atoms with E-state index in [4.69, 9.17) is 14.2 Å². The molecular formula is C23H32O4. The van der Waals surface area contributed by atoms with Crippen molar-refractivity contribution < 1.29 is 19.3 Å². The van der Waals surface area contributed by atoms with E-state index < -0.39 is 0 Å². The average molecular weight is 373 g/mol. The Hall–Kier alpha value is -2.36. The fraction of sp³-hybridized carbons (Fsp3) is 0.478. The minimum absolute atomic E-state index is 0.0977. The molecule has 0 amide bonds. The Kier molecular flexibility index (Phi) is 5.69. The van der Waals surface area contributed by atoms with Crippen LogP contribution in [0.25, 0.3) is 11.1 Å². The molecule has 0 atom stereocenters. The first-order valence-corrected chi connectivity index (χ1v) is 9.12. The third kappa shape index (κ3) is 4.15. The molecule has 0 bridgehead atoms. The van der Waals surface area contributed by atoms with Gasteiger partial charge in [0.2, 0.25) is 0 Å². The summed E-state index contributed by atoms with van der Waals surface area (Å²) in [4.78, 5) is 0. The molecular weight excluding hydrogens is 340 g/mol. The van der Waals surface area contributed by atoms with E-state index in [0.717, 1.165) is 28.0 Å². The number of benzene rings is 2. The number of rotatable bonds is 4. The van der Waals surface area contributed by atoms with Crippen LogP contribution < -0.4 is 14.2 Å². The average Bonchev–Trinajstić information content (AvgIpc) is 2.58. The van der Waals surface area contributed by atoms with E-state index in [9.17, 15) is 5.11 Å². The van der Waals surface area contributed by atoms with Gasteiger partial charge in [0.15, 0.2) is 0 Å². The number of phenolic OH excluding ortho intramolecular Hbond substituents is 1. The zero-order chi connectivity index (χ0) is 20.6. The van der Waals surface area contributed by atoms with Crippen molar-refractivity contribution in [3.8, 4) is 34.1 Å². The molecule has 2 aromatic rings. The first kappa shape index (κ1) is 20.9. The molecule has 0 aliphatic rings. The summed E-state index contributed by atoms with van der Waals surface area (Å²) in [5, 5.41) is 10.7. The van der Waals surface area contributed by atoms with Gasteiger partial charge in [-0.15, -0.1) is 0 Å². The number of ether oxygens (including phenoxy) is 3. The summed E-state index contributed by atoms with van der Waals surface area (Å²) in [5.41, 5.74) is 3.17. The molecule has 0 saturated carbocycles. The molecule has 0 heterocycles. The first-order valence-electron chi connectivity index (χ1n) is 9.12. The predicted octanol–water partition coefficient (Wildman–Crippen LogP) is 5.68. The molecule has 1 N–H and O–H groups in total. The van der Waals surface area contributed by atoms with Crippen LogP contribution in [0.2, 0.25) is 0 Å². The van der Waals surface area contributed by atoms with E-state index in [2.05, 4.69) is 41.5 Å². The highest BCUT2D eigenvalue weighted by molar-refractivity contribution is 5.80. The second-order valence-corrected chi connectivity index (χ2v) is 8.82. The molecule has 4 heteroatoms. The molecule has 0 saturated heterocycles. The fourth-order valence-electron chi connectivity index (χ4n) is 3.24. The Balaban J connectivity index is 2.80. The Morgan fingerprint density at radius 3 is 1.41 bits per heavy atom. The highest BCUT2D eigenvalue weighted by atomic mass is 16.5. The summed E-state index contributed by atoms with van der Waals surface area (Å²) in [6.45, 7) is 12.6. The normalized spacial score (nSPS) is 12.0. The minimum Gasteiger partial charge on any atom is -0.508 e. The van der Waals surface area contributed by atoms with E-state index >= 15 is 0 Å². The van der Waals surface area contributed by atoms with Crippen molar-refractivity contribution in [2.24, 2.45) is 0 Å². The van der Waals surface area contributed by atoms with E-state index in [-0.39, 0.29) is 16.6 Å². The van der Waals surface area contributed by atoms with Gasteiger partial charge in [0.05, 0.1) is 21.3 Å². The summed E-state index contributed by atoms with van der Waals surface area (Å²) in [6.07, 6.45) is 0. The molecule has 0 fully saturated rings. The Bertz CT molecular complexity index is 824. The highest BCUT2D eigenvalue weighted by Gasteiger charge is 2.26. The Morgan fingerprint density at radius 1 is 0.593 bits per heavy atom. The molecule has 0 aliphatic carbocycles. The van der Waals surface area contributed by atoms with Gasteiger partial charge in [-0.05, 0) is 35.1 Å². The van der Waals surface area contributed by atoms with Gasteiger partial charge in [0.25, 0.3) is 0 Å². The van der Waals surface area contributed by atoms with Gasteiger partial charge in [-0.1, -0.05) is 41.5 Å². The molecule has 2 rings (SSSR count). The van der Waals surface area contributed by atoms with Crippen molar-refractivity contribution in [1.82, 2.24) is 0 Å². The lowest BCUT2D eigenvalue weighted by Gasteiger charge is -2.26. The Morgan fingerprint density at radius 2 is 1.00 bits per heavy atom. The van der Waals surface area contributed by atoms with Crippen molar-refractivity contribution in [1.29, 1.82) is 0 Å². The van der Waals surface area contributed by atoms with Crippen molar-refractivity contribution in [3.63, 3.8) is 0 Å². The molecule has 0 radical (unpaired) electrons. The maximum absolute atomic E-state index is 10.7. The summed E-state index contributed by atoms with van der Waals surface area (Å²) in [7, 11) is 4.95. The molecule has 0 aliphatic heterocycles. The third-order valence-corrected chi connectivity index (χ3v) is 4.75. The third-order valence-electron chi connectivity index (χ3n) is 4.75. The maximum atomic E-state index is 10.7. The minimum atomic E-state index is -0.201. The molecule has 27 heavy (non-hydrogen) atoms. The van der Waals surface area contributed by atoms with Crippen LogP contribution >= 0.6 is 0 Å². The SMILES string of the molecule is COc1cc(C(C)(C)C)c(O)cc1-c1cc(OC)c(C(C)(C)C)cc1OC. The van der Waals surface area contributed by atoms with Gasteiger partial charge < -0.3 is 19.3 Å². The van der Waals surface area contributed by atoms with Crippen molar-refractivity contribution in [3.05, 3.63) is 35.4 Å². The topological polar surface area (TPSA) is 47.9 Å². The first-order chi connectivity index (χ1) is 12.4. The van der Waals surface area contributed by atoms with Gasteiger partial charge in [0, 0.05) is 22.3 Å². The summed E-state index contributed by atoms with van der Waals surface area (Å²) >= 11 is 0. The largest absolute Gasteiger partial charge is 0.508 e. The quantitative estimate of drug-likeness (QED) is 0.750. The van der Waals surface area contributed by atoms with Crippen molar-refractivity contribution in [2.75, 3.05) is 21.3 Å². The molecule has 4 nitrogen and oxygen atoms in total. The smallest absolute Gasteiger partial charge is 0.127 e. The van der Waals surface area contributed by atoms with Gasteiger partial charge in [-0.3, -0.25) is 0 Å². The van der Waals surface area contributed by atoms with Crippen molar-refractivity contribution in [2.45, 2.75) is 52.4 Å². The van der Waals surface area contributed by atoms with Gasteiger partial charge in [0.1, 0.15) is 23.0 Å². The van der Waals surface area contributed by atoms with Gasteiger partial charge >= 0.3 is 0 Å². The number of hydrogen-bond acceptors (Lipinski definition) is 4. The molecule has 2 aromatic carbocycles. The fourth-order valence-corrected chi connectivity index (χ4v) is 3.24. The predicted molar refractivity (Wildman–Crippen MR) is 111 cm³/mol. The molecule has 0 spiro atoms. The van der Waals surface area contributed by atoms with Crippen LogP contribution in [0.15, 0.2) is 24.3 Å². The van der Waals surface area contributed by atoms with E-state index in [1.807, 2.05) is 18.2 Å². The van der Waals surface area contributed by atoms with Crippen LogP contribution in [-0.4, -0.2) is 26.4 Å². The number of aromatic hydroxyl groups is 1. The van der Waals surface area contributed by atoms with E-state index in [0.29, 0.717) is 11.5 Å². The monoisotopic (exact) mass is 372 g/mol. The molecule has 0 unspecified atom stereocenters. The lowest BCUT2D eigenvalue weighted by molar-refractivity contribution is 0.387. The zero-order valence-corrected chi connectivity index (χ0v) is 18.0. The zero-order valence-electron chi connectivity index (χ0n) is 18.0.